The molecule has 4 aromatic rings. The smallest absolute Gasteiger partial charge is 0.239 e. The number of methoxy groups -OCH3 is 1. The number of imidazole rings is 1. The zero-order chi connectivity index (χ0) is 32.9. The molecule has 3 aliphatic heterocycles. The van der Waals surface area contributed by atoms with E-state index in [1.807, 2.05) is 42.5 Å². The van der Waals surface area contributed by atoms with Gasteiger partial charge in [0.05, 0.1) is 43.4 Å². The number of halogens is 1. The van der Waals surface area contributed by atoms with Crippen LogP contribution in [0.3, 0.4) is 0 Å². The second-order valence-corrected chi connectivity index (χ2v) is 12.0. The molecule has 3 aromatic carbocycles. The number of piperidine rings is 1. The van der Waals surface area contributed by atoms with E-state index in [2.05, 4.69) is 15.3 Å². The molecular weight excluding hydrogens is 605 g/mol. The Kier molecular flexibility index (Phi) is 9.67. The van der Waals surface area contributed by atoms with Crippen LogP contribution in [0.2, 0.25) is 0 Å². The number of nitrogens with one attached hydrogen (secondary N) is 2. The van der Waals surface area contributed by atoms with Crippen molar-refractivity contribution in [1.29, 1.82) is 0 Å². The van der Waals surface area contributed by atoms with Crippen molar-refractivity contribution >= 4 is 28.8 Å². The molecule has 0 spiro atoms. The first-order valence-corrected chi connectivity index (χ1v) is 15.7. The highest BCUT2D eigenvalue weighted by Crippen LogP contribution is 2.33. The molecule has 7 rings (SSSR count). The highest BCUT2D eigenvalue weighted by molar-refractivity contribution is 5.85. The van der Waals surface area contributed by atoms with E-state index < -0.39 is 6.10 Å². The molecule has 246 valence electrons. The Balaban J connectivity index is 1.18. The molecule has 1 fully saturated rings. The lowest BCUT2D eigenvalue weighted by molar-refractivity contribution is -0.139. The van der Waals surface area contributed by atoms with E-state index in [9.17, 15) is 18.8 Å². The number of fused-ring (bicyclic) bond motifs is 10. The first kappa shape index (κ1) is 32.0. The van der Waals surface area contributed by atoms with Crippen molar-refractivity contribution in [3.05, 3.63) is 83.4 Å². The fourth-order valence-corrected chi connectivity index (χ4v) is 5.99. The second kappa shape index (κ2) is 14.2. The van der Waals surface area contributed by atoms with Gasteiger partial charge in [-0.15, -0.1) is 0 Å². The molecule has 1 saturated heterocycles. The van der Waals surface area contributed by atoms with Crippen LogP contribution < -0.4 is 14.8 Å². The largest absolute Gasteiger partial charge is 0.493 e. The number of aromatic amines is 1. The molecule has 11 nitrogen and oxygen atoms in total. The first-order valence-electron chi connectivity index (χ1n) is 15.7. The topological polar surface area (TPSA) is 126 Å². The minimum absolute atomic E-state index is 0.0684. The van der Waals surface area contributed by atoms with Gasteiger partial charge in [-0.25, -0.2) is 9.37 Å². The van der Waals surface area contributed by atoms with E-state index in [0.29, 0.717) is 59.9 Å². The molecule has 12 heteroatoms. The molecule has 3 aliphatic rings. The Morgan fingerprint density at radius 1 is 1.09 bits per heavy atom. The summed E-state index contributed by atoms with van der Waals surface area (Å²) in [7, 11) is 3.18. The van der Waals surface area contributed by atoms with Crippen LogP contribution >= 0.6 is 0 Å². The molecule has 2 atom stereocenters. The van der Waals surface area contributed by atoms with Gasteiger partial charge >= 0.3 is 0 Å². The number of rotatable bonds is 4. The summed E-state index contributed by atoms with van der Waals surface area (Å²) >= 11 is 0. The van der Waals surface area contributed by atoms with Crippen LogP contribution in [-0.4, -0.2) is 83.4 Å². The van der Waals surface area contributed by atoms with E-state index in [0.717, 1.165) is 11.1 Å². The van der Waals surface area contributed by atoms with Crippen LogP contribution in [-0.2, 0) is 38.6 Å². The highest BCUT2D eigenvalue weighted by atomic mass is 19.1. The second-order valence-electron chi connectivity index (χ2n) is 12.0. The average Bonchev–Trinajstić information content (AvgIpc) is 3.47. The maximum Gasteiger partial charge on any atom is 0.239 e. The number of nitrogens with zero attached hydrogens (tertiary/aromatic N) is 3. The van der Waals surface area contributed by atoms with Crippen molar-refractivity contribution in [3.63, 3.8) is 0 Å². The van der Waals surface area contributed by atoms with Crippen LogP contribution in [0.1, 0.15) is 36.2 Å². The summed E-state index contributed by atoms with van der Waals surface area (Å²) in [6.45, 7) is 0.847. The SMILES string of the molecule is COc1cc2ccc1Oc1cccc(c1)CO[C@H]1CN(C(=O)CCc3nc4ccc(F)cc4[nH]3)CC[C@@H]1NC(=O)CN(C)C(=O)CC2. The fourth-order valence-electron chi connectivity index (χ4n) is 5.99. The number of H-pyrrole nitrogens is 1. The maximum absolute atomic E-state index is 13.6. The lowest BCUT2D eigenvalue weighted by Crippen LogP contribution is -2.57. The van der Waals surface area contributed by atoms with Gasteiger partial charge in [-0.1, -0.05) is 18.2 Å². The molecule has 1 aromatic heterocycles. The van der Waals surface area contributed by atoms with E-state index in [1.165, 1.54) is 17.0 Å². The van der Waals surface area contributed by atoms with Crippen LogP contribution in [0.4, 0.5) is 4.39 Å². The third kappa shape index (κ3) is 7.89. The number of hydrogen-bond acceptors (Lipinski definition) is 7. The Morgan fingerprint density at radius 3 is 2.81 bits per heavy atom. The molecule has 3 amide bonds. The highest BCUT2D eigenvalue weighted by Gasteiger charge is 2.33. The zero-order valence-corrected chi connectivity index (χ0v) is 26.5. The van der Waals surface area contributed by atoms with E-state index >= 15 is 0 Å². The summed E-state index contributed by atoms with van der Waals surface area (Å²) in [6, 6.07) is 17.1. The maximum atomic E-state index is 13.6. The summed E-state index contributed by atoms with van der Waals surface area (Å²) in [6.07, 6.45) is 1.28. The summed E-state index contributed by atoms with van der Waals surface area (Å²) in [4.78, 5) is 50.1. The molecule has 2 N–H and O–H groups in total. The lowest BCUT2D eigenvalue weighted by Gasteiger charge is -2.39. The van der Waals surface area contributed by atoms with Crippen molar-refractivity contribution < 1.29 is 33.0 Å². The number of aromatic nitrogens is 2. The van der Waals surface area contributed by atoms with Gasteiger partial charge in [-0.3, -0.25) is 14.4 Å². The van der Waals surface area contributed by atoms with Gasteiger partial charge in [-0.2, -0.15) is 0 Å². The first-order chi connectivity index (χ1) is 22.7. The molecule has 4 heterocycles. The number of amides is 3. The van der Waals surface area contributed by atoms with Gasteiger partial charge < -0.3 is 34.3 Å². The number of likely N-dealkylation sites (tertiary alicyclic amines) is 1. The minimum Gasteiger partial charge on any atom is -0.493 e. The van der Waals surface area contributed by atoms with Gasteiger partial charge in [0.2, 0.25) is 17.7 Å². The van der Waals surface area contributed by atoms with E-state index in [1.54, 1.807) is 25.1 Å². The van der Waals surface area contributed by atoms with Crippen LogP contribution in [0, 0.1) is 5.82 Å². The minimum atomic E-state index is -0.495. The third-order valence-corrected chi connectivity index (χ3v) is 8.58. The van der Waals surface area contributed by atoms with Crippen LogP contribution in [0.25, 0.3) is 11.0 Å². The Labute approximate surface area is 272 Å². The van der Waals surface area contributed by atoms with Gasteiger partial charge in [-0.05, 0) is 66.4 Å². The molecule has 47 heavy (non-hydrogen) atoms. The Morgan fingerprint density at radius 2 is 1.96 bits per heavy atom. The van der Waals surface area contributed by atoms with Crippen LogP contribution in [0.5, 0.6) is 17.2 Å². The van der Waals surface area contributed by atoms with Crippen molar-refractivity contribution in [3.8, 4) is 17.2 Å². The molecule has 0 aliphatic carbocycles. The van der Waals surface area contributed by atoms with Gasteiger partial charge in [0.15, 0.2) is 11.5 Å². The number of hydrogen-bond donors (Lipinski definition) is 2. The molecule has 0 unspecified atom stereocenters. The average molecular weight is 644 g/mol. The number of likely N-dealkylation sites (N-methyl/N-ethyl adjacent to an activating group) is 1. The van der Waals surface area contributed by atoms with Crippen molar-refractivity contribution in [1.82, 2.24) is 25.1 Å². The molecular formula is C35H38FN5O6. The normalized spacial score (nSPS) is 19.3. The summed E-state index contributed by atoms with van der Waals surface area (Å²) in [5, 5.41) is 3.06. The van der Waals surface area contributed by atoms with Crippen LogP contribution in [0.15, 0.2) is 60.7 Å². The van der Waals surface area contributed by atoms with Gasteiger partial charge in [0.25, 0.3) is 0 Å². The molecule has 4 bridgehead atoms. The Bertz CT molecular complexity index is 1780. The van der Waals surface area contributed by atoms with Crippen molar-refractivity contribution in [2.24, 2.45) is 0 Å². The predicted octanol–water partition coefficient (Wildman–Crippen LogP) is 4.14. The Hall–Kier alpha value is -4.97. The third-order valence-electron chi connectivity index (χ3n) is 8.58. The lowest BCUT2D eigenvalue weighted by atomic mass is 10.0. The van der Waals surface area contributed by atoms with Crippen molar-refractivity contribution in [2.45, 2.75) is 50.9 Å². The molecule has 0 saturated carbocycles. The predicted molar refractivity (Wildman–Crippen MR) is 172 cm³/mol. The standard InChI is InChI=1S/C35H38FN5O6/c1-40-20-33(42)39-27-14-15-41(35(44)13-11-32-37-26-9-8-24(36)18-28(26)38-32)19-31(27)46-21-23-4-3-5-25(16-23)47-29-10-6-22(7-12-34(40)43)17-30(29)45-2/h3-6,8-10,16-18,27,31H,7,11-15,19-21H2,1-2H3,(H,37,38)(H,39,42)/t27-,31-/m0/s1. The zero-order valence-electron chi connectivity index (χ0n) is 26.5. The number of carbonyl (C=O) groups excluding carboxylic acids is 3. The van der Waals surface area contributed by atoms with E-state index in [4.69, 9.17) is 14.2 Å². The van der Waals surface area contributed by atoms with Gasteiger partial charge in [0.1, 0.15) is 17.4 Å². The van der Waals surface area contributed by atoms with Gasteiger partial charge in [0, 0.05) is 39.4 Å². The number of aryl methyl sites for hydroxylation is 2. The quantitative estimate of drug-likeness (QED) is 0.342. The summed E-state index contributed by atoms with van der Waals surface area (Å²) < 4.78 is 31.7. The number of benzene rings is 3. The monoisotopic (exact) mass is 643 g/mol. The fraction of sp³-hybridized carbons (Fsp3) is 0.371. The molecule has 0 radical (unpaired) electrons. The summed E-state index contributed by atoms with van der Waals surface area (Å²) in [5.74, 6) is 1.43. The summed E-state index contributed by atoms with van der Waals surface area (Å²) in [5.41, 5.74) is 3.00. The number of ether oxygens (including phenoxy) is 3. The van der Waals surface area contributed by atoms with Crippen molar-refractivity contribution in [2.75, 3.05) is 33.8 Å². The van der Waals surface area contributed by atoms with E-state index in [-0.39, 0.29) is 62.1 Å². The number of carbonyl (C=O) groups is 3.